The molecule has 0 bridgehead atoms. The molecule has 1 aromatic rings. The van der Waals surface area contributed by atoms with Crippen LogP contribution in [0.5, 0.6) is 11.5 Å². The highest BCUT2D eigenvalue weighted by Crippen LogP contribution is 2.35. The largest absolute Gasteiger partial charge is 0.497 e. The number of nitrogens with one attached hydrogen (secondary N) is 1. The van der Waals surface area contributed by atoms with Crippen molar-refractivity contribution < 1.29 is 14.3 Å². The lowest BCUT2D eigenvalue weighted by Gasteiger charge is -2.39. The van der Waals surface area contributed by atoms with Gasteiger partial charge in [-0.3, -0.25) is 10.1 Å². The Bertz CT molecular complexity index is 490. The Morgan fingerprint density at radius 2 is 2.05 bits per heavy atom. The van der Waals surface area contributed by atoms with E-state index < -0.39 is 5.54 Å². The first-order chi connectivity index (χ1) is 9.02. The van der Waals surface area contributed by atoms with Gasteiger partial charge in [-0.2, -0.15) is 0 Å². The summed E-state index contributed by atoms with van der Waals surface area (Å²) in [5.41, 5.74) is 0.0669. The number of likely N-dealkylation sites (N-methyl/N-ethyl adjacent to an activating group) is 1. The number of nitrogens with zero attached hydrogens (tertiary/aromatic N) is 1. The van der Waals surface area contributed by atoms with Crippen LogP contribution in [-0.4, -0.2) is 45.2 Å². The van der Waals surface area contributed by atoms with E-state index >= 15 is 0 Å². The number of benzene rings is 1. The average Bonchev–Trinajstić information content (AvgIpc) is 2.44. The van der Waals surface area contributed by atoms with Crippen molar-refractivity contribution in [2.45, 2.75) is 12.5 Å². The number of rotatable bonds is 3. The lowest BCUT2D eigenvalue weighted by Crippen LogP contribution is -2.59. The van der Waals surface area contributed by atoms with Crippen LogP contribution in [0.2, 0.25) is 0 Å². The van der Waals surface area contributed by atoms with Crippen molar-refractivity contribution in [3.8, 4) is 11.5 Å². The van der Waals surface area contributed by atoms with Gasteiger partial charge in [0.25, 0.3) is 0 Å². The van der Waals surface area contributed by atoms with E-state index in [1.165, 1.54) is 0 Å². The number of ether oxygens (including phenoxy) is 2. The van der Waals surface area contributed by atoms with Gasteiger partial charge in [0.05, 0.1) is 14.2 Å². The van der Waals surface area contributed by atoms with E-state index in [9.17, 15) is 4.79 Å². The SMILES string of the molecule is COc1ccc(C2(C)NCCN(C)C2=O)c(OC)c1. The van der Waals surface area contributed by atoms with Crippen molar-refractivity contribution >= 4 is 5.91 Å². The molecule has 104 valence electrons. The Balaban J connectivity index is 2.47. The molecule has 1 amide bonds. The highest BCUT2D eigenvalue weighted by Gasteiger charge is 2.41. The smallest absolute Gasteiger partial charge is 0.247 e. The minimum Gasteiger partial charge on any atom is -0.497 e. The second-order valence-corrected chi connectivity index (χ2v) is 4.84. The quantitative estimate of drug-likeness (QED) is 0.884. The van der Waals surface area contributed by atoms with E-state index in [0.717, 1.165) is 12.1 Å². The Hall–Kier alpha value is -1.75. The molecule has 1 atom stereocenters. The molecular weight excluding hydrogens is 244 g/mol. The maximum atomic E-state index is 12.4. The molecule has 1 unspecified atom stereocenters. The fourth-order valence-electron chi connectivity index (χ4n) is 2.45. The zero-order chi connectivity index (χ0) is 14.0. The predicted molar refractivity (Wildman–Crippen MR) is 72.5 cm³/mol. The summed E-state index contributed by atoms with van der Waals surface area (Å²) in [6.07, 6.45) is 0. The van der Waals surface area contributed by atoms with Crippen LogP contribution in [0.15, 0.2) is 18.2 Å². The summed E-state index contributed by atoms with van der Waals surface area (Å²) in [4.78, 5) is 14.2. The molecule has 5 nitrogen and oxygen atoms in total. The van der Waals surface area contributed by atoms with Crippen LogP contribution in [0.1, 0.15) is 12.5 Å². The summed E-state index contributed by atoms with van der Waals surface area (Å²) < 4.78 is 10.6. The van der Waals surface area contributed by atoms with E-state index in [2.05, 4.69) is 5.32 Å². The highest BCUT2D eigenvalue weighted by molar-refractivity contribution is 5.88. The van der Waals surface area contributed by atoms with Crippen molar-refractivity contribution in [1.29, 1.82) is 0 Å². The highest BCUT2D eigenvalue weighted by atomic mass is 16.5. The van der Waals surface area contributed by atoms with Crippen molar-refractivity contribution in [3.63, 3.8) is 0 Å². The lowest BCUT2D eigenvalue weighted by atomic mass is 9.88. The first kappa shape index (κ1) is 13.7. The Kier molecular flexibility index (Phi) is 3.66. The van der Waals surface area contributed by atoms with E-state index in [4.69, 9.17) is 9.47 Å². The van der Waals surface area contributed by atoms with Crippen LogP contribution in [-0.2, 0) is 10.3 Å². The summed E-state index contributed by atoms with van der Waals surface area (Å²) >= 11 is 0. The Morgan fingerprint density at radius 1 is 1.32 bits per heavy atom. The monoisotopic (exact) mass is 264 g/mol. The molecule has 1 aliphatic rings. The summed E-state index contributed by atoms with van der Waals surface area (Å²) in [7, 11) is 5.02. The first-order valence-electron chi connectivity index (χ1n) is 6.26. The van der Waals surface area contributed by atoms with Gasteiger partial charge in [0.15, 0.2) is 0 Å². The first-order valence-corrected chi connectivity index (χ1v) is 6.26. The molecule has 0 aromatic heterocycles. The minimum atomic E-state index is -0.759. The Morgan fingerprint density at radius 3 is 2.68 bits per heavy atom. The number of methoxy groups -OCH3 is 2. The van der Waals surface area contributed by atoms with E-state index in [1.807, 2.05) is 26.1 Å². The Labute approximate surface area is 113 Å². The van der Waals surface area contributed by atoms with Crippen LogP contribution in [0.25, 0.3) is 0 Å². The fraction of sp³-hybridized carbons (Fsp3) is 0.500. The lowest BCUT2D eigenvalue weighted by molar-refractivity contribution is -0.139. The molecule has 1 fully saturated rings. The number of carbonyl (C=O) groups is 1. The van der Waals surface area contributed by atoms with Gasteiger partial charge in [-0.15, -0.1) is 0 Å². The van der Waals surface area contributed by atoms with Gasteiger partial charge < -0.3 is 14.4 Å². The van der Waals surface area contributed by atoms with Crippen molar-refractivity contribution in [3.05, 3.63) is 23.8 Å². The van der Waals surface area contributed by atoms with Crippen LogP contribution in [0.3, 0.4) is 0 Å². The molecule has 1 aromatic carbocycles. The van der Waals surface area contributed by atoms with Crippen molar-refractivity contribution in [2.75, 3.05) is 34.4 Å². The zero-order valence-electron chi connectivity index (χ0n) is 11.8. The van der Waals surface area contributed by atoms with Gasteiger partial charge in [-0.1, -0.05) is 0 Å². The molecule has 0 aliphatic carbocycles. The third kappa shape index (κ3) is 2.26. The van der Waals surface area contributed by atoms with Crippen LogP contribution in [0, 0.1) is 0 Å². The number of piperazine rings is 1. The molecule has 0 radical (unpaired) electrons. The molecule has 1 saturated heterocycles. The molecule has 5 heteroatoms. The van der Waals surface area contributed by atoms with Crippen molar-refractivity contribution in [1.82, 2.24) is 10.2 Å². The number of hydrogen-bond acceptors (Lipinski definition) is 4. The number of hydrogen-bond donors (Lipinski definition) is 1. The number of amides is 1. The van der Waals surface area contributed by atoms with Gasteiger partial charge in [0.2, 0.25) is 5.91 Å². The van der Waals surface area contributed by atoms with E-state index in [-0.39, 0.29) is 5.91 Å². The standard InChI is InChI=1S/C14H20N2O3/c1-14(13(17)16(2)8-7-15-14)11-6-5-10(18-3)9-12(11)19-4/h5-6,9,15H,7-8H2,1-4H3. The summed E-state index contributed by atoms with van der Waals surface area (Å²) in [6, 6.07) is 5.51. The predicted octanol–water partition coefficient (Wildman–Crippen LogP) is 0.981. The molecule has 1 aliphatic heterocycles. The van der Waals surface area contributed by atoms with Gasteiger partial charge in [0, 0.05) is 31.8 Å². The second-order valence-electron chi connectivity index (χ2n) is 4.84. The van der Waals surface area contributed by atoms with E-state index in [0.29, 0.717) is 18.0 Å². The maximum absolute atomic E-state index is 12.4. The molecule has 0 spiro atoms. The molecule has 2 rings (SSSR count). The normalized spacial score (nSPS) is 23.4. The van der Waals surface area contributed by atoms with Crippen LogP contribution < -0.4 is 14.8 Å². The third-order valence-corrected chi connectivity index (χ3v) is 3.65. The third-order valence-electron chi connectivity index (χ3n) is 3.65. The summed E-state index contributed by atoms with van der Waals surface area (Å²) in [5, 5.41) is 3.29. The summed E-state index contributed by atoms with van der Waals surface area (Å²) in [6.45, 7) is 3.36. The molecular formula is C14H20N2O3. The number of carbonyl (C=O) groups excluding carboxylic acids is 1. The molecule has 0 saturated carbocycles. The fourth-order valence-corrected chi connectivity index (χ4v) is 2.45. The zero-order valence-corrected chi connectivity index (χ0v) is 11.8. The molecule has 19 heavy (non-hydrogen) atoms. The van der Waals surface area contributed by atoms with E-state index in [1.54, 1.807) is 25.2 Å². The van der Waals surface area contributed by atoms with Gasteiger partial charge in [-0.25, -0.2) is 0 Å². The van der Waals surface area contributed by atoms with Gasteiger partial charge in [-0.05, 0) is 19.1 Å². The van der Waals surface area contributed by atoms with Gasteiger partial charge >= 0.3 is 0 Å². The molecule has 1 N–H and O–H groups in total. The van der Waals surface area contributed by atoms with Gasteiger partial charge in [0.1, 0.15) is 17.0 Å². The van der Waals surface area contributed by atoms with Crippen LogP contribution >= 0.6 is 0 Å². The van der Waals surface area contributed by atoms with Crippen molar-refractivity contribution in [2.24, 2.45) is 0 Å². The second kappa shape index (κ2) is 5.09. The average molecular weight is 264 g/mol. The summed E-state index contributed by atoms with van der Waals surface area (Å²) in [5.74, 6) is 1.40. The van der Waals surface area contributed by atoms with Crippen LogP contribution in [0.4, 0.5) is 0 Å². The maximum Gasteiger partial charge on any atom is 0.247 e. The molecule has 1 heterocycles. The topological polar surface area (TPSA) is 50.8 Å². The minimum absolute atomic E-state index is 0.0437.